The number of benzene rings is 1. The Kier molecular flexibility index (Phi) is 7.60. The summed E-state index contributed by atoms with van der Waals surface area (Å²) in [7, 11) is 0. The summed E-state index contributed by atoms with van der Waals surface area (Å²) in [6.07, 6.45) is 3.10. The Labute approximate surface area is 186 Å². The molecule has 2 amide bonds. The number of halogens is 2. The summed E-state index contributed by atoms with van der Waals surface area (Å²) in [6, 6.07) is 7.23. The van der Waals surface area contributed by atoms with Crippen LogP contribution < -0.4 is 0 Å². The minimum atomic E-state index is -0.258. The van der Waals surface area contributed by atoms with E-state index in [0.29, 0.717) is 29.6 Å². The Morgan fingerprint density at radius 3 is 2.69 bits per heavy atom. The number of rotatable bonds is 7. The molecule has 0 saturated carbocycles. The number of amides is 2. The lowest BCUT2D eigenvalue weighted by Crippen LogP contribution is -2.46. The normalized spacial score (nSPS) is 15.9. The molecule has 3 rings (SSSR count). The highest BCUT2D eigenvalue weighted by Gasteiger charge is 2.34. The molecule has 2 heterocycles. The maximum atomic E-state index is 13.3. The Morgan fingerprint density at radius 1 is 1.21 bits per heavy atom. The standard InChI is InChI=1S/C22H26Cl2N2O2S/c1-3-5-6-20(27)25(4-2)14-21(28)26-11-9-19-17(10-12-29-19)22(26)16-8-7-15(23)13-18(16)24/h7-8,10,12-13,22H,3-6,9,11,14H2,1-2H3. The van der Waals surface area contributed by atoms with E-state index in [4.69, 9.17) is 23.2 Å². The molecular formula is C22H26Cl2N2O2S. The SMILES string of the molecule is CCCCC(=O)N(CC)CC(=O)N1CCc2sccc2C1c1ccc(Cl)cc1Cl. The van der Waals surface area contributed by atoms with Crippen molar-refractivity contribution in [3.8, 4) is 0 Å². The van der Waals surface area contributed by atoms with E-state index < -0.39 is 0 Å². The Balaban J connectivity index is 1.88. The Bertz CT molecular complexity index is 883. The summed E-state index contributed by atoms with van der Waals surface area (Å²) in [4.78, 5) is 30.6. The second kappa shape index (κ2) is 9.96. The smallest absolute Gasteiger partial charge is 0.242 e. The third-order valence-corrected chi connectivity index (χ3v) is 6.91. The topological polar surface area (TPSA) is 40.6 Å². The fraction of sp³-hybridized carbons (Fsp3) is 0.455. The van der Waals surface area contributed by atoms with Crippen molar-refractivity contribution in [1.29, 1.82) is 0 Å². The van der Waals surface area contributed by atoms with Crippen molar-refractivity contribution >= 4 is 46.4 Å². The Morgan fingerprint density at radius 2 is 2.00 bits per heavy atom. The maximum absolute atomic E-state index is 13.3. The molecule has 1 aromatic heterocycles. The highest BCUT2D eigenvalue weighted by atomic mass is 35.5. The van der Waals surface area contributed by atoms with Crippen LogP contribution in [0.1, 0.15) is 55.2 Å². The van der Waals surface area contributed by atoms with Crippen molar-refractivity contribution in [3.05, 3.63) is 55.7 Å². The molecule has 1 aliphatic rings. The molecule has 0 aliphatic carbocycles. The summed E-state index contributed by atoms with van der Waals surface area (Å²) in [5, 5.41) is 3.17. The van der Waals surface area contributed by atoms with E-state index in [1.165, 1.54) is 4.88 Å². The van der Waals surface area contributed by atoms with Gasteiger partial charge in [-0.15, -0.1) is 11.3 Å². The van der Waals surface area contributed by atoms with Crippen LogP contribution in [0.5, 0.6) is 0 Å². The first-order chi connectivity index (χ1) is 14.0. The minimum Gasteiger partial charge on any atom is -0.334 e. The molecule has 1 aromatic carbocycles. The zero-order chi connectivity index (χ0) is 21.0. The average Bonchev–Trinajstić information content (AvgIpc) is 3.18. The molecule has 29 heavy (non-hydrogen) atoms. The van der Waals surface area contributed by atoms with Gasteiger partial charge in [-0.25, -0.2) is 0 Å². The monoisotopic (exact) mass is 452 g/mol. The summed E-state index contributed by atoms with van der Waals surface area (Å²) in [5.41, 5.74) is 1.98. The molecule has 156 valence electrons. The number of thiophene rings is 1. The number of hydrogen-bond acceptors (Lipinski definition) is 3. The van der Waals surface area contributed by atoms with Crippen molar-refractivity contribution in [3.63, 3.8) is 0 Å². The van der Waals surface area contributed by atoms with Crippen LogP contribution >= 0.6 is 34.5 Å². The van der Waals surface area contributed by atoms with Gasteiger partial charge in [0.25, 0.3) is 0 Å². The summed E-state index contributed by atoms with van der Waals surface area (Å²) >= 11 is 14.3. The van der Waals surface area contributed by atoms with Gasteiger partial charge < -0.3 is 9.80 Å². The van der Waals surface area contributed by atoms with Crippen LogP contribution in [0.2, 0.25) is 10.0 Å². The molecule has 0 saturated heterocycles. The van der Waals surface area contributed by atoms with Gasteiger partial charge in [-0.05, 0) is 54.5 Å². The third kappa shape index (κ3) is 4.96. The third-order valence-electron chi connectivity index (χ3n) is 5.35. The first-order valence-corrected chi connectivity index (χ1v) is 11.7. The van der Waals surface area contributed by atoms with Crippen LogP contribution in [0.3, 0.4) is 0 Å². The van der Waals surface area contributed by atoms with Gasteiger partial charge in [0.2, 0.25) is 11.8 Å². The number of unbranched alkanes of at least 4 members (excludes halogenated alkanes) is 1. The van der Waals surface area contributed by atoms with E-state index in [-0.39, 0.29) is 24.4 Å². The molecule has 1 unspecified atom stereocenters. The van der Waals surface area contributed by atoms with Gasteiger partial charge in [0.1, 0.15) is 0 Å². The fourth-order valence-electron chi connectivity index (χ4n) is 3.76. The molecule has 1 atom stereocenters. The van der Waals surface area contributed by atoms with Gasteiger partial charge in [-0.3, -0.25) is 9.59 Å². The molecule has 4 nitrogen and oxygen atoms in total. The number of likely N-dealkylation sites (N-methyl/N-ethyl adjacent to an activating group) is 1. The molecule has 0 fully saturated rings. The predicted molar refractivity (Wildman–Crippen MR) is 120 cm³/mol. The largest absolute Gasteiger partial charge is 0.334 e. The van der Waals surface area contributed by atoms with E-state index in [0.717, 1.165) is 30.4 Å². The van der Waals surface area contributed by atoms with Crippen molar-refractivity contribution in [2.24, 2.45) is 0 Å². The zero-order valence-electron chi connectivity index (χ0n) is 16.8. The summed E-state index contributed by atoms with van der Waals surface area (Å²) in [6.45, 7) is 5.20. The summed E-state index contributed by atoms with van der Waals surface area (Å²) in [5.74, 6) is -0.0124. The fourth-order valence-corrected chi connectivity index (χ4v) is 5.18. The van der Waals surface area contributed by atoms with Gasteiger partial charge in [-0.1, -0.05) is 42.6 Å². The lowest BCUT2D eigenvalue weighted by molar-refractivity contribution is -0.141. The van der Waals surface area contributed by atoms with E-state index in [1.54, 1.807) is 28.4 Å². The van der Waals surface area contributed by atoms with E-state index in [1.807, 2.05) is 17.9 Å². The minimum absolute atomic E-state index is 0.0389. The number of hydrogen-bond donors (Lipinski definition) is 0. The zero-order valence-corrected chi connectivity index (χ0v) is 19.1. The van der Waals surface area contributed by atoms with Gasteiger partial charge in [0.05, 0.1) is 12.6 Å². The van der Waals surface area contributed by atoms with Gasteiger partial charge >= 0.3 is 0 Å². The molecule has 2 aromatic rings. The lowest BCUT2D eigenvalue weighted by atomic mass is 9.93. The van der Waals surface area contributed by atoms with Crippen molar-refractivity contribution in [1.82, 2.24) is 9.80 Å². The van der Waals surface area contributed by atoms with E-state index >= 15 is 0 Å². The highest BCUT2D eigenvalue weighted by Crippen LogP contribution is 2.41. The van der Waals surface area contributed by atoms with Crippen LogP contribution in [0.15, 0.2) is 29.6 Å². The molecular weight excluding hydrogens is 427 g/mol. The first kappa shape index (κ1) is 22.1. The molecule has 1 aliphatic heterocycles. The second-order valence-electron chi connectivity index (χ2n) is 7.22. The average molecular weight is 453 g/mol. The quantitative estimate of drug-likeness (QED) is 0.550. The molecule has 7 heteroatoms. The van der Waals surface area contributed by atoms with Crippen molar-refractivity contribution in [2.75, 3.05) is 19.6 Å². The Hall–Kier alpha value is -1.56. The first-order valence-electron chi connectivity index (χ1n) is 10.0. The molecule has 0 N–H and O–H groups in total. The number of fused-ring (bicyclic) bond motifs is 1. The van der Waals surface area contributed by atoms with Gasteiger partial charge in [0.15, 0.2) is 0 Å². The van der Waals surface area contributed by atoms with Crippen molar-refractivity contribution < 1.29 is 9.59 Å². The van der Waals surface area contributed by atoms with Crippen LogP contribution in [0.4, 0.5) is 0 Å². The second-order valence-corrected chi connectivity index (χ2v) is 9.06. The van der Waals surface area contributed by atoms with Crippen molar-refractivity contribution in [2.45, 2.75) is 45.6 Å². The van der Waals surface area contributed by atoms with Crippen LogP contribution in [-0.4, -0.2) is 41.2 Å². The molecule has 0 radical (unpaired) electrons. The predicted octanol–water partition coefficient (Wildman–Crippen LogP) is 5.57. The lowest BCUT2D eigenvalue weighted by Gasteiger charge is -2.38. The maximum Gasteiger partial charge on any atom is 0.242 e. The van der Waals surface area contributed by atoms with Crippen LogP contribution in [0, 0.1) is 0 Å². The molecule has 0 spiro atoms. The molecule has 0 bridgehead atoms. The van der Waals surface area contributed by atoms with Crippen LogP contribution in [-0.2, 0) is 16.0 Å². The van der Waals surface area contributed by atoms with Gasteiger partial charge in [0, 0.05) is 34.4 Å². The summed E-state index contributed by atoms with van der Waals surface area (Å²) < 4.78 is 0. The van der Waals surface area contributed by atoms with Gasteiger partial charge in [-0.2, -0.15) is 0 Å². The van der Waals surface area contributed by atoms with E-state index in [2.05, 4.69) is 18.4 Å². The highest BCUT2D eigenvalue weighted by molar-refractivity contribution is 7.10. The number of nitrogens with zero attached hydrogens (tertiary/aromatic N) is 2. The van der Waals surface area contributed by atoms with E-state index in [9.17, 15) is 9.59 Å². The van der Waals surface area contributed by atoms with Crippen LogP contribution in [0.25, 0.3) is 0 Å². The number of carbonyl (C=O) groups is 2. The number of carbonyl (C=O) groups excluding carboxylic acids is 2.